The average Bonchev–Trinajstić information content (AvgIpc) is 2.96. The summed E-state index contributed by atoms with van der Waals surface area (Å²) in [6.45, 7) is 6.99. The molecule has 80 valence electrons. The molecule has 0 radical (unpaired) electrons. The van der Waals surface area contributed by atoms with Gasteiger partial charge in [0.15, 0.2) is 0 Å². The van der Waals surface area contributed by atoms with Crippen molar-refractivity contribution in [3.8, 4) is 0 Å². The van der Waals surface area contributed by atoms with Gasteiger partial charge in [-0.1, -0.05) is 6.92 Å². The van der Waals surface area contributed by atoms with Crippen LogP contribution in [0.5, 0.6) is 0 Å². The molecule has 14 heavy (non-hydrogen) atoms. The molecule has 2 atom stereocenters. The Bertz CT molecular complexity index is 250. The third-order valence-electron chi connectivity index (χ3n) is 3.88. The van der Waals surface area contributed by atoms with Crippen molar-refractivity contribution >= 4 is 5.91 Å². The van der Waals surface area contributed by atoms with E-state index >= 15 is 0 Å². The number of amides is 1. The SMILES string of the molecule is CCC1(C)NCN(C(C)C2CC2)C1=O. The first-order valence-corrected chi connectivity index (χ1v) is 5.64. The summed E-state index contributed by atoms with van der Waals surface area (Å²) in [6, 6.07) is 0.434. The molecule has 1 aliphatic carbocycles. The zero-order valence-electron chi connectivity index (χ0n) is 9.34. The van der Waals surface area contributed by atoms with E-state index in [-0.39, 0.29) is 5.54 Å². The molecule has 1 amide bonds. The summed E-state index contributed by atoms with van der Waals surface area (Å²) in [5.41, 5.74) is -0.302. The molecular weight excluding hydrogens is 176 g/mol. The second kappa shape index (κ2) is 3.23. The van der Waals surface area contributed by atoms with Crippen LogP contribution in [0.3, 0.4) is 0 Å². The summed E-state index contributed by atoms with van der Waals surface area (Å²) in [4.78, 5) is 14.1. The van der Waals surface area contributed by atoms with E-state index in [2.05, 4.69) is 19.2 Å². The zero-order valence-corrected chi connectivity index (χ0v) is 9.34. The fourth-order valence-electron chi connectivity index (χ4n) is 2.16. The van der Waals surface area contributed by atoms with Gasteiger partial charge in [-0.25, -0.2) is 0 Å². The molecule has 0 aromatic carbocycles. The minimum atomic E-state index is -0.302. The van der Waals surface area contributed by atoms with Crippen LogP contribution in [-0.2, 0) is 4.79 Å². The van der Waals surface area contributed by atoms with E-state index in [9.17, 15) is 4.79 Å². The fourth-order valence-corrected chi connectivity index (χ4v) is 2.16. The molecule has 1 saturated heterocycles. The van der Waals surface area contributed by atoms with Gasteiger partial charge in [0.1, 0.15) is 0 Å². The normalized spacial score (nSPS) is 35.1. The molecule has 3 heteroatoms. The largest absolute Gasteiger partial charge is 0.325 e. The van der Waals surface area contributed by atoms with Crippen molar-refractivity contribution in [3.05, 3.63) is 0 Å². The van der Waals surface area contributed by atoms with E-state index < -0.39 is 0 Å². The monoisotopic (exact) mass is 196 g/mol. The zero-order chi connectivity index (χ0) is 10.3. The predicted octanol–water partition coefficient (Wildman–Crippen LogP) is 1.34. The smallest absolute Gasteiger partial charge is 0.243 e. The van der Waals surface area contributed by atoms with Crippen molar-refractivity contribution in [3.63, 3.8) is 0 Å². The summed E-state index contributed by atoms with van der Waals surface area (Å²) in [5, 5.41) is 3.32. The van der Waals surface area contributed by atoms with E-state index in [1.807, 2.05) is 11.8 Å². The molecule has 1 saturated carbocycles. The Hall–Kier alpha value is -0.570. The standard InChI is InChI=1S/C11H20N2O/c1-4-11(3)10(14)13(7-12-11)8(2)9-5-6-9/h8-9,12H,4-7H2,1-3H3. The van der Waals surface area contributed by atoms with Gasteiger partial charge in [-0.2, -0.15) is 0 Å². The van der Waals surface area contributed by atoms with Crippen LogP contribution in [0.1, 0.15) is 40.0 Å². The van der Waals surface area contributed by atoms with E-state index in [4.69, 9.17) is 0 Å². The van der Waals surface area contributed by atoms with Crippen LogP contribution >= 0.6 is 0 Å². The highest BCUT2D eigenvalue weighted by Gasteiger charge is 2.45. The highest BCUT2D eigenvalue weighted by Crippen LogP contribution is 2.36. The van der Waals surface area contributed by atoms with Crippen LogP contribution in [0.4, 0.5) is 0 Å². The quantitative estimate of drug-likeness (QED) is 0.739. The van der Waals surface area contributed by atoms with Gasteiger partial charge in [0, 0.05) is 6.04 Å². The van der Waals surface area contributed by atoms with Crippen LogP contribution in [-0.4, -0.2) is 29.1 Å². The first-order chi connectivity index (χ1) is 6.58. The molecule has 2 aliphatic rings. The van der Waals surface area contributed by atoms with Crippen LogP contribution in [0.2, 0.25) is 0 Å². The number of rotatable bonds is 3. The van der Waals surface area contributed by atoms with Gasteiger partial charge >= 0.3 is 0 Å². The third kappa shape index (κ3) is 1.44. The molecular formula is C11H20N2O. The van der Waals surface area contributed by atoms with Crippen molar-refractivity contribution in [2.24, 2.45) is 5.92 Å². The highest BCUT2D eigenvalue weighted by atomic mass is 16.2. The first-order valence-electron chi connectivity index (χ1n) is 5.64. The van der Waals surface area contributed by atoms with Crippen LogP contribution < -0.4 is 5.32 Å². The summed E-state index contributed by atoms with van der Waals surface area (Å²) in [5.74, 6) is 1.05. The summed E-state index contributed by atoms with van der Waals surface area (Å²) >= 11 is 0. The number of hydrogen-bond donors (Lipinski definition) is 1. The number of hydrogen-bond acceptors (Lipinski definition) is 2. The Kier molecular flexibility index (Phi) is 2.30. The third-order valence-corrected chi connectivity index (χ3v) is 3.88. The molecule has 0 bridgehead atoms. The Morgan fingerprint density at radius 3 is 2.71 bits per heavy atom. The van der Waals surface area contributed by atoms with Crippen molar-refractivity contribution in [1.29, 1.82) is 0 Å². The highest BCUT2D eigenvalue weighted by molar-refractivity contribution is 5.88. The lowest BCUT2D eigenvalue weighted by Crippen LogP contribution is -2.44. The molecule has 0 spiro atoms. The number of carbonyl (C=O) groups excluding carboxylic acids is 1. The lowest BCUT2D eigenvalue weighted by atomic mass is 9.99. The van der Waals surface area contributed by atoms with E-state index in [0.29, 0.717) is 11.9 Å². The van der Waals surface area contributed by atoms with Gasteiger partial charge in [0.05, 0.1) is 12.2 Å². The van der Waals surface area contributed by atoms with Crippen molar-refractivity contribution in [1.82, 2.24) is 10.2 Å². The van der Waals surface area contributed by atoms with Gasteiger partial charge < -0.3 is 4.90 Å². The molecule has 2 unspecified atom stereocenters. The van der Waals surface area contributed by atoms with E-state index in [1.165, 1.54) is 12.8 Å². The number of nitrogens with one attached hydrogen (secondary N) is 1. The molecule has 3 nitrogen and oxygen atoms in total. The van der Waals surface area contributed by atoms with Gasteiger partial charge in [0.2, 0.25) is 5.91 Å². The maximum Gasteiger partial charge on any atom is 0.243 e. The Labute approximate surface area is 85.8 Å². The molecule has 1 N–H and O–H groups in total. The Morgan fingerprint density at radius 2 is 2.29 bits per heavy atom. The van der Waals surface area contributed by atoms with Crippen molar-refractivity contribution in [2.45, 2.75) is 51.6 Å². The van der Waals surface area contributed by atoms with Crippen molar-refractivity contribution in [2.75, 3.05) is 6.67 Å². The molecule has 1 aliphatic heterocycles. The van der Waals surface area contributed by atoms with Gasteiger partial charge in [-0.3, -0.25) is 10.1 Å². The number of nitrogens with zero attached hydrogens (tertiary/aromatic N) is 1. The average molecular weight is 196 g/mol. The maximum absolute atomic E-state index is 12.1. The molecule has 0 aromatic rings. The lowest BCUT2D eigenvalue weighted by Gasteiger charge is -2.25. The van der Waals surface area contributed by atoms with Crippen LogP contribution in [0.25, 0.3) is 0 Å². The molecule has 2 rings (SSSR count). The lowest BCUT2D eigenvalue weighted by molar-refractivity contribution is -0.134. The second-order valence-corrected chi connectivity index (χ2v) is 4.87. The molecule has 2 fully saturated rings. The Morgan fingerprint density at radius 1 is 1.64 bits per heavy atom. The second-order valence-electron chi connectivity index (χ2n) is 4.87. The van der Waals surface area contributed by atoms with Gasteiger partial charge in [-0.05, 0) is 39.0 Å². The summed E-state index contributed by atoms with van der Waals surface area (Å²) in [6.07, 6.45) is 3.47. The van der Waals surface area contributed by atoms with Gasteiger partial charge in [0.25, 0.3) is 0 Å². The van der Waals surface area contributed by atoms with Gasteiger partial charge in [-0.15, -0.1) is 0 Å². The number of carbonyl (C=O) groups is 1. The van der Waals surface area contributed by atoms with Crippen molar-refractivity contribution < 1.29 is 4.79 Å². The van der Waals surface area contributed by atoms with E-state index in [0.717, 1.165) is 19.0 Å². The predicted molar refractivity (Wildman–Crippen MR) is 55.7 cm³/mol. The topological polar surface area (TPSA) is 32.3 Å². The summed E-state index contributed by atoms with van der Waals surface area (Å²) in [7, 11) is 0. The molecule has 0 aromatic heterocycles. The summed E-state index contributed by atoms with van der Waals surface area (Å²) < 4.78 is 0. The van der Waals surface area contributed by atoms with Crippen LogP contribution in [0, 0.1) is 5.92 Å². The fraction of sp³-hybridized carbons (Fsp3) is 0.909. The minimum Gasteiger partial charge on any atom is -0.325 e. The maximum atomic E-state index is 12.1. The minimum absolute atomic E-state index is 0.291. The van der Waals surface area contributed by atoms with Crippen LogP contribution in [0.15, 0.2) is 0 Å². The first kappa shape index (κ1) is 9.97. The molecule has 1 heterocycles. The Balaban J connectivity index is 2.05. The van der Waals surface area contributed by atoms with E-state index in [1.54, 1.807) is 0 Å².